The lowest BCUT2D eigenvalue weighted by atomic mass is 9.92. The molecule has 1 fully saturated rings. The van der Waals surface area contributed by atoms with Crippen molar-refractivity contribution in [2.24, 2.45) is 11.7 Å². The second-order valence-electron chi connectivity index (χ2n) is 4.99. The number of hydrogen-bond acceptors (Lipinski definition) is 3. The summed E-state index contributed by atoms with van der Waals surface area (Å²) >= 11 is 1.59. The van der Waals surface area contributed by atoms with Gasteiger partial charge in [-0.25, -0.2) is 0 Å². The van der Waals surface area contributed by atoms with Gasteiger partial charge in [-0.15, -0.1) is 0 Å². The molecular formula is C13H20N2OS. The van der Waals surface area contributed by atoms with E-state index < -0.39 is 0 Å². The first-order chi connectivity index (χ1) is 8.13. The Kier molecular flexibility index (Phi) is 3.84. The number of carbonyl (C=O) groups excluding carboxylic acids is 1. The third kappa shape index (κ3) is 2.53. The van der Waals surface area contributed by atoms with E-state index in [1.54, 1.807) is 11.3 Å². The van der Waals surface area contributed by atoms with Gasteiger partial charge in [0.05, 0.1) is 5.56 Å². The van der Waals surface area contributed by atoms with E-state index in [0.29, 0.717) is 12.5 Å². The molecule has 2 rings (SSSR count). The lowest BCUT2D eigenvalue weighted by Crippen LogP contribution is -2.49. The molecule has 1 aliphatic heterocycles. The quantitative estimate of drug-likeness (QED) is 0.877. The van der Waals surface area contributed by atoms with Crippen LogP contribution in [0.25, 0.3) is 0 Å². The Hall–Kier alpha value is -0.870. The standard InChI is InChI=1S/C13H20N2OS/c1-9-3-4-15(11(5-9)6-14)13(16)12-8-17-7-10(12)2/h7-9,11H,3-6,14H2,1-2H3. The van der Waals surface area contributed by atoms with Crippen LogP contribution in [0.4, 0.5) is 0 Å². The largest absolute Gasteiger partial charge is 0.334 e. The number of nitrogens with zero attached hydrogens (tertiary/aromatic N) is 1. The second kappa shape index (κ2) is 5.19. The average molecular weight is 252 g/mol. The van der Waals surface area contributed by atoms with Crippen LogP contribution < -0.4 is 5.73 Å². The third-order valence-electron chi connectivity index (χ3n) is 3.60. The minimum Gasteiger partial charge on any atom is -0.334 e. The van der Waals surface area contributed by atoms with Crippen molar-refractivity contribution in [3.8, 4) is 0 Å². The van der Waals surface area contributed by atoms with Gasteiger partial charge in [-0.05, 0) is 36.6 Å². The summed E-state index contributed by atoms with van der Waals surface area (Å²) in [6.45, 7) is 5.64. The molecule has 0 spiro atoms. The number of carbonyl (C=O) groups is 1. The van der Waals surface area contributed by atoms with E-state index in [2.05, 4.69) is 6.92 Å². The molecule has 2 unspecified atom stereocenters. The minimum absolute atomic E-state index is 0.158. The van der Waals surface area contributed by atoms with Crippen LogP contribution in [0.15, 0.2) is 10.8 Å². The van der Waals surface area contributed by atoms with E-state index in [4.69, 9.17) is 5.73 Å². The zero-order valence-corrected chi connectivity index (χ0v) is 11.3. The molecule has 4 heteroatoms. The number of nitrogens with two attached hydrogens (primary N) is 1. The molecular weight excluding hydrogens is 232 g/mol. The number of likely N-dealkylation sites (tertiary alicyclic amines) is 1. The highest BCUT2D eigenvalue weighted by Gasteiger charge is 2.30. The number of hydrogen-bond donors (Lipinski definition) is 1. The number of rotatable bonds is 2. The highest BCUT2D eigenvalue weighted by Crippen LogP contribution is 2.25. The lowest BCUT2D eigenvalue weighted by molar-refractivity contribution is 0.0573. The number of aryl methyl sites for hydroxylation is 1. The molecule has 17 heavy (non-hydrogen) atoms. The van der Waals surface area contributed by atoms with Gasteiger partial charge in [0, 0.05) is 24.5 Å². The minimum atomic E-state index is 0.158. The molecule has 1 aromatic rings. The Morgan fingerprint density at radius 2 is 2.35 bits per heavy atom. The highest BCUT2D eigenvalue weighted by atomic mass is 32.1. The van der Waals surface area contributed by atoms with Crippen LogP contribution in [0.3, 0.4) is 0 Å². The van der Waals surface area contributed by atoms with Crippen molar-refractivity contribution in [3.05, 3.63) is 21.9 Å². The Morgan fingerprint density at radius 3 is 2.94 bits per heavy atom. The molecule has 1 aromatic heterocycles. The smallest absolute Gasteiger partial charge is 0.255 e. The molecule has 0 aliphatic carbocycles. The zero-order valence-electron chi connectivity index (χ0n) is 10.5. The van der Waals surface area contributed by atoms with Gasteiger partial charge in [-0.1, -0.05) is 6.92 Å². The van der Waals surface area contributed by atoms with Crippen molar-refractivity contribution in [1.29, 1.82) is 0 Å². The van der Waals surface area contributed by atoms with Crippen LogP contribution in [0.2, 0.25) is 0 Å². The van der Waals surface area contributed by atoms with E-state index in [1.165, 1.54) is 0 Å². The number of amides is 1. The predicted octanol–water partition coefficient (Wildman–Crippen LogP) is 2.26. The molecule has 2 heterocycles. The van der Waals surface area contributed by atoms with E-state index >= 15 is 0 Å². The van der Waals surface area contributed by atoms with Crippen molar-refractivity contribution in [1.82, 2.24) is 4.90 Å². The summed E-state index contributed by atoms with van der Waals surface area (Å²) in [5.41, 5.74) is 7.72. The van der Waals surface area contributed by atoms with E-state index in [9.17, 15) is 4.79 Å². The maximum atomic E-state index is 12.4. The Balaban J connectivity index is 2.16. The van der Waals surface area contributed by atoms with E-state index in [-0.39, 0.29) is 11.9 Å². The summed E-state index contributed by atoms with van der Waals surface area (Å²) in [4.78, 5) is 14.4. The Bertz CT molecular complexity index is 402. The lowest BCUT2D eigenvalue weighted by Gasteiger charge is -2.38. The van der Waals surface area contributed by atoms with Crippen LogP contribution in [0.5, 0.6) is 0 Å². The first-order valence-electron chi connectivity index (χ1n) is 6.17. The Morgan fingerprint density at radius 1 is 1.59 bits per heavy atom. The van der Waals surface area contributed by atoms with Gasteiger partial charge in [0.25, 0.3) is 5.91 Å². The fraction of sp³-hybridized carbons (Fsp3) is 0.615. The van der Waals surface area contributed by atoms with E-state index in [0.717, 1.165) is 30.5 Å². The third-order valence-corrected chi connectivity index (χ3v) is 4.46. The monoisotopic (exact) mass is 252 g/mol. The maximum absolute atomic E-state index is 12.4. The summed E-state index contributed by atoms with van der Waals surface area (Å²) in [5, 5.41) is 3.97. The fourth-order valence-electron chi connectivity index (χ4n) is 2.48. The van der Waals surface area contributed by atoms with Crippen LogP contribution >= 0.6 is 11.3 Å². The van der Waals surface area contributed by atoms with Crippen molar-refractivity contribution < 1.29 is 4.79 Å². The topological polar surface area (TPSA) is 46.3 Å². The van der Waals surface area contributed by atoms with Crippen molar-refractivity contribution in [3.63, 3.8) is 0 Å². The normalized spacial score (nSPS) is 25.0. The molecule has 1 saturated heterocycles. The van der Waals surface area contributed by atoms with Gasteiger partial charge in [-0.3, -0.25) is 4.79 Å². The SMILES string of the molecule is Cc1cscc1C(=O)N1CCC(C)CC1CN. The van der Waals surface area contributed by atoms with Gasteiger partial charge < -0.3 is 10.6 Å². The second-order valence-corrected chi connectivity index (χ2v) is 5.73. The molecule has 0 aromatic carbocycles. The van der Waals surface area contributed by atoms with Crippen LogP contribution in [-0.2, 0) is 0 Å². The summed E-state index contributed by atoms with van der Waals surface area (Å²) in [5.74, 6) is 0.835. The van der Waals surface area contributed by atoms with Crippen LogP contribution in [0.1, 0.15) is 35.7 Å². The molecule has 94 valence electrons. The number of piperidine rings is 1. The van der Waals surface area contributed by atoms with Gasteiger partial charge in [0.2, 0.25) is 0 Å². The maximum Gasteiger partial charge on any atom is 0.255 e. The molecule has 1 amide bonds. The van der Waals surface area contributed by atoms with Crippen LogP contribution in [0, 0.1) is 12.8 Å². The molecule has 2 atom stereocenters. The Labute approximate surface area is 107 Å². The van der Waals surface area contributed by atoms with Gasteiger partial charge >= 0.3 is 0 Å². The first-order valence-corrected chi connectivity index (χ1v) is 7.11. The molecule has 0 radical (unpaired) electrons. The molecule has 1 aliphatic rings. The van der Waals surface area contributed by atoms with Crippen molar-refractivity contribution in [2.45, 2.75) is 32.7 Å². The van der Waals surface area contributed by atoms with Crippen molar-refractivity contribution in [2.75, 3.05) is 13.1 Å². The predicted molar refractivity (Wildman–Crippen MR) is 71.3 cm³/mol. The van der Waals surface area contributed by atoms with Gasteiger partial charge in [-0.2, -0.15) is 11.3 Å². The molecule has 0 saturated carbocycles. The van der Waals surface area contributed by atoms with Crippen LogP contribution in [-0.4, -0.2) is 29.9 Å². The first kappa shape index (κ1) is 12.6. The van der Waals surface area contributed by atoms with E-state index in [1.807, 2.05) is 22.6 Å². The summed E-state index contributed by atoms with van der Waals surface area (Å²) in [6, 6.07) is 0.213. The fourth-order valence-corrected chi connectivity index (χ4v) is 3.30. The average Bonchev–Trinajstić information content (AvgIpc) is 2.74. The summed E-state index contributed by atoms with van der Waals surface area (Å²) < 4.78 is 0. The number of thiophene rings is 1. The summed E-state index contributed by atoms with van der Waals surface area (Å²) in [6.07, 6.45) is 2.12. The van der Waals surface area contributed by atoms with Crippen molar-refractivity contribution >= 4 is 17.2 Å². The molecule has 3 nitrogen and oxygen atoms in total. The van der Waals surface area contributed by atoms with Gasteiger partial charge in [0.1, 0.15) is 0 Å². The van der Waals surface area contributed by atoms with Gasteiger partial charge in [0.15, 0.2) is 0 Å². The molecule has 2 N–H and O–H groups in total. The highest BCUT2D eigenvalue weighted by molar-refractivity contribution is 7.08. The zero-order chi connectivity index (χ0) is 12.4. The summed E-state index contributed by atoms with van der Waals surface area (Å²) in [7, 11) is 0. The molecule has 0 bridgehead atoms.